The van der Waals surface area contributed by atoms with E-state index in [1.807, 2.05) is 30.3 Å². The largest absolute Gasteiger partial charge is 0.435 e. The molecule has 266 valence electrons. The lowest BCUT2D eigenvalue weighted by Crippen LogP contribution is -2.10. The third kappa shape index (κ3) is 4.91. The van der Waals surface area contributed by atoms with Crippen LogP contribution in [0.15, 0.2) is 205 Å². The van der Waals surface area contributed by atoms with E-state index in [0.29, 0.717) is 5.89 Å². The zero-order chi connectivity index (χ0) is 37.5. The summed E-state index contributed by atoms with van der Waals surface area (Å²) in [5, 5.41) is 11.7. The summed E-state index contributed by atoms with van der Waals surface area (Å²) >= 11 is 0. The molecule has 0 unspecified atom stereocenters. The van der Waals surface area contributed by atoms with Gasteiger partial charge in [0.1, 0.15) is 5.52 Å². The van der Waals surface area contributed by atoms with E-state index in [-0.39, 0.29) is 0 Å². The van der Waals surface area contributed by atoms with Crippen molar-refractivity contribution >= 4 is 93.1 Å². The summed E-state index contributed by atoms with van der Waals surface area (Å²) < 4.78 is 9.02. The van der Waals surface area contributed by atoms with Gasteiger partial charge in [-0.3, -0.25) is 0 Å². The van der Waals surface area contributed by atoms with Crippen LogP contribution in [-0.2, 0) is 0 Å². The van der Waals surface area contributed by atoms with Crippen LogP contribution in [0.5, 0.6) is 0 Å². The first-order valence-corrected chi connectivity index (χ1v) is 19.4. The lowest BCUT2D eigenvalue weighted by Gasteiger charge is -2.28. The molecule has 12 rings (SSSR count). The molecular weight excluding hydrogens is 695 g/mol. The second-order valence-electron chi connectivity index (χ2n) is 14.8. The molecule has 0 fully saturated rings. The molecule has 0 saturated heterocycles. The molecule has 10 aromatic carbocycles. The quantitative estimate of drug-likeness (QED) is 0.166. The molecule has 0 spiro atoms. The third-order valence-electron chi connectivity index (χ3n) is 11.6. The number of benzene rings is 10. The maximum absolute atomic E-state index is 6.64. The molecule has 0 N–H and O–H groups in total. The molecule has 0 radical (unpaired) electrons. The molecule has 57 heavy (non-hydrogen) atoms. The van der Waals surface area contributed by atoms with Crippen molar-refractivity contribution in [3.8, 4) is 17.1 Å². The predicted molar refractivity (Wildman–Crippen MR) is 238 cm³/mol. The second kappa shape index (κ2) is 12.4. The number of hydrogen-bond donors (Lipinski definition) is 0. The highest BCUT2D eigenvalue weighted by Gasteiger charge is 2.21. The number of para-hydroxylation sites is 2. The molecule has 0 aliphatic carbocycles. The zero-order valence-electron chi connectivity index (χ0n) is 30.8. The van der Waals surface area contributed by atoms with Gasteiger partial charge in [-0.25, -0.2) is 4.98 Å². The van der Waals surface area contributed by atoms with E-state index >= 15 is 0 Å². The van der Waals surface area contributed by atoms with Crippen LogP contribution in [0.2, 0.25) is 0 Å². The Morgan fingerprint density at radius 3 is 1.93 bits per heavy atom. The number of oxazole rings is 1. The maximum Gasteiger partial charge on any atom is 0.227 e. The number of hydrogen-bond acceptors (Lipinski definition) is 3. The number of nitrogens with zero attached hydrogens (tertiary/aromatic N) is 3. The van der Waals surface area contributed by atoms with Crippen molar-refractivity contribution in [2.24, 2.45) is 0 Å². The fourth-order valence-corrected chi connectivity index (χ4v) is 8.95. The highest BCUT2D eigenvalue weighted by molar-refractivity contribution is 6.19. The topological polar surface area (TPSA) is 34.2 Å². The molecule has 0 aliphatic rings. The fraction of sp³-hybridized carbons (Fsp3) is 0. The molecule has 0 aliphatic heterocycles. The Kier molecular flexibility index (Phi) is 6.89. The van der Waals surface area contributed by atoms with Gasteiger partial charge in [-0.2, -0.15) is 0 Å². The molecule has 12 aromatic rings. The molecular formula is C53H33N3O. The van der Waals surface area contributed by atoms with Gasteiger partial charge < -0.3 is 13.9 Å². The minimum Gasteiger partial charge on any atom is -0.435 e. The summed E-state index contributed by atoms with van der Waals surface area (Å²) in [7, 11) is 0. The Hall–Kier alpha value is -7.69. The van der Waals surface area contributed by atoms with Crippen molar-refractivity contribution in [1.82, 2.24) is 9.55 Å². The van der Waals surface area contributed by atoms with Crippen LogP contribution < -0.4 is 4.90 Å². The van der Waals surface area contributed by atoms with Gasteiger partial charge in [-0.1, -0.05) is 127 Å². The smallest absolute Gasteiger partial charge is 0.227 e. The van der Waals surface area contributed by atoms with Crippen molar-refractivity contribution in [3.63, 3.8) is 0 Å². The van der Waals surface area contributed by atoms with Crippen molar-refractivity contribution in [1.29, 1.82) is 0 Å². The predicted octanol–water partition coefficient (Wildman–Crippen LogP) is 14.7. The molecule has 4 heteroatoms. The molecule has 0 saturated carbocycles. The van der Waals surface area contributed by atoms with E-state index in [2.05, 4.69) is 179 Å². The van der Waals surface area contributed by atoms with Gasteiger partial charge in [0.2, 0.25) is 5.89 Å². The molecule has 2 heterocycles. The summed E-state index contributed by atoms with van der Waals surface area (Å²) in [6, 6.07) is 71.7. The lowest BCUT2D eigenvalue weighted by atomic mass is 9.98. The van der Waals surface area contributed by atoms with Gasteiger partial charge in [-0.05, 0) is 105 Å². The van der Waals surface area contributed by atoms with Crippen molar-refractivity contribution in [3.05, 3.63) is 200 Å². The number of anilines is 3. The standard InChI is InChI=1S/C53H33N3O/c1-3-13-37(14-4-1)53-54-47-30-26-36-23-22-35-24-27-39(32-45(35)51(36)52(47)57-53)55(48-21-11-19-42-41-17-8-7-12-34(41)25-29-44(42)48)40-28-31-50-46(33-40)43-18-9-10-20-49(43)56(50)38-15-5-2-6-16-38/h1-33H. The average Bonchev–Trinajstić information content (AvgIpc) is 3.87. The number of fused-ring (bicyclic) bond motifs is 11. The van der Waals surface area contributed by atoms with Crippen LogP contribution >= 0.6 is 0 Å². The lowest BCUT2D eigenvalue weighted by molar-refractivity contribution is 0.623. The normalized spacial score (nSPS) is 11.9. The Balaban J connectivity index is 1.14. The van der Waals surface area contributed by atoms with Crippen LogP contribution in [0.1, 0.15) is 0 Å². The van der Waals surface area contributed by atoms with Crippen molar-refractivity contribution < 1.29 is 4.42 Å². The maximum atomic E-state index is 6.64. The van der Waals surface area contributed by atoms with Gasteiger partial charge >= 0.3 is 0 Å². The summed E-state index contributed by atoms with van der Waals surface area (Å²) in [5.74, 6) is 0.624. The van der Waals surface area contributed by atoms with Crippen LogP contribution in [0, 0.1) is 0 Å². The van der Waals surface area contributed by atoms with E-state index in [0.717, 1.165) is 61.0 Å². The first-order chi connectivity index (χ1) is 28.3. The number of rotatable bonds is 5. The summed E-state index contributed by atoms with van der Waals surface area (Å²) in [6.07, 6.45) is 0. The minimum atomic E-state index is 0.624. The Labute approximate surface area is 328 Å². The van der Waals surface area contributed by atoms with Gasteiger partial charge in [-0.15, -0.1) is 0 Å². The van der Waals surface area contributed by atoms with E-state index in [4.69, 9.17) is 9.40 Å². The summed E-state index contributed by atoms with van der Waals surface area (Å²) in [4.78, 5) is 7.38. The van der Waals surface area contributed by atoms with Crippen LogP contribution in [0.3, 0.4) is 0 Å². The van der Waals surface area contributed by atoms with Crippen molar-refractivity contribution in [2.75, 3.05) is 4.90 Å². The zero-order valence-corrected chi connectivity index (χ0v) is 30.8. The molecule has 2 aromatic heterocycles. The van der Waals surface area contributed by atoms with E-state index in [9.17, 15) is 0 Å². The molecule has 0 amide bonds. The van der Waals surface area contributed by atoms with Gasteiger partial charge in [0.05, 0.1) is 16.7 Å². The average molecular weight is 728 g/mol. The second-order valence-corrected chi connectivity index (χ2v) is 14.8. The third-order valence-corrected chi connectivity index (χ3v) is 11.6. The summed E-state index contributed by atoms with van der Waals surface area (Å²) in [6.45, 7) is 0. The number of aromatic nitrogens is 2. The van der Waals surface area contributed by atoms with Crippen LogP contribution in [0.4, 0.5) is 17.1 Å². The Bertz CT molecular complexity index is 3530. The van der Waals surface area contributed by atoms with Gasteiger partial charge in [0.25, 0.3) is 0 Å². The van der Waals surface area contributed by atoms with Crippen LogP contribution in [0.25, 0.3) is 93.1 Å². The molecule has 0 atom stereocenters. The van der Waals surface area contributed by atoms with Gasteiger partial charge in [0.15, 0.2) is 5.58 Å². The van der Waals surface area contributed by atoms with E-state index < -0.39 is 0 Å². The Morgan fingerprint density at radius 2 is 1.05 bits per heavy atom. The Morgan fingerprint density at radius 1 is 0.421 bits per heavy atom. The highest BCUT2D eigenvalue weighted by atomic mass is 16.3. The molecule has 0 bridgehead atoms. The van der Waals surface area contributed by atoms with E-state index in [1.54, 1.807) is 0 Å². The molecule has 4 nitrogen and oxygen atoms in total. The summed E-state index contributed by atoms with van der Waals surface area (Å²) in [5.41, 5.74) is 9.34. The van der Waals surface area contributed by atoms with Crippen LogP contribution in [-0.4, -0.2) is 9.55 Å². The fourth-order valence-electron chi connectivity index (χ4n) is 8.95. The van der Waals surface area contributed by atoms with Crippen molar-refractivity contribution in [2.45, 2.75) is 0 Å². The first-order valence-electron chi connectivity index (χ1n) is 19.4. The van der Waals surface area contributed by atoms with Gasteiger partial charge in [0, 0.05) is 44.2 Å². The first kappa shape index (κ1) is 31.6. The minimum absolute atomic E-state index is 0.624. The SMILES string of the molecule is c1ccc(-c2nc3ccc4ccc5ccc(N(c6ccc7c(c6)c6ccccc6n7-c6ccccc6)c6cccc7c6ccc6ccccc67)cc5c4c3o2)cc1. The van der Waals surface area contributed by atoms with E-state index in [1.165, 1.54) is 43.4 Å². The monoisotopic (exact) mass is 727 g/mol. The highest BCUT2D eigenvalue weighted by Crippen LogP contribution is 2.45.